The molecule has 0 saturated heterocycles. The lowest BCUT2D eigenvalue weighted by atomic mass is 9.75. The average Bonchev–Trinajstić information content (AvgIpc) is 2.72. The molecule has 6 nitrogen and oxygen atoms in total. The zero-order valence-corrected chi connectivity index (χ0v) is 16.2. The number of ketones is 2. The molecule has 29 heavy (non-hydrogen) atoms. The Hall–Kier alpha value is -2.96. The van der Waals surface area contributed by atoms with Crippen molar-refractivity contribution in [3.63, 3.8) is 0 Å². The molecular formula is C22H17ClO6. The van der Waals surface area contributed by atoms with Crippen LogP contribution in [-0.2, 0) is 14.3 Å². The molecule has 2 aromatic rings. The molecule has 0 radical (unpaired) electrons. The summed E-state index contributed by atoms with van der Waals surface area (Å²) in [5, 5.41) is 11.4. The molecule has 1 aliphatic heterocycles. The number of esters is 1. The third kappa shape index (κ3) is 3.14. The maximum absolute atomic E-state index is 13.2. The molecule has 0 fully saturated rings. The summed E-state index contributed by atoms with van der Waals surface area (Å²) >= 11 is 5.97. The highest BCUT2D eigenvalue weighted by molar-refractivity contribution is 6.30. The molecule has 0 amide bonds. The van der Waals surface area contributed by atoms with Crippen molar-refractivity contribution in [2.75, 3.05) is 6.61 Å². The van der Waals surface area contributed by atoms with E-state index in [1.54, 1.807) is 49.4 Å². The van der Waals surface area contributed by atoms with Crippen molar-refractivity contribution in [2.24, 2.45) is 0 Å². The van der Waals surface area contributed by atoms with Crippen LogP contribution in [-0.4, -0.2) is 35.0 Å². The number of carbonyl (C=O) groups excluding carboxylic acids is 3. The van der Waals surface area contributed by atoms with Gasteiger partial charge in [0.05, 0.1) is 12.2 Å². The van der Waals surface area contributed by atoms with Crippen LogP contribution < -0.4 is 0 Å². The summed E-state index contributed by atoms with van der Waals surface area (Å²) in [6.45, 7) is 1.62. The van der Waals surface area contributed by atoms with E-state index in [4.69, 9.17) is 21.1 Å². The van der Waals surface area contributed by atoms with Crippen LogP contribution >= 0.6 is 11.6 Å². The number of Topliss-reactive ketones (excluding diaryl/α,β-unsaturated/α-hetero) is 2. The van der Waals surface area contributed by atoms with E-state index in [2.05, 4.69) is 0 Å². The first-order chi connectivity index (χ1) is 13.9. The molecule has 7 heteroatoms. The summed E-state index contributed by atoms with van der Waals surface area (Å²) in [6.07, 6.45) is -0.270. The van der Waals surface area contributed by atoms with Crippen molar-refractivity contribution in [2.45, 2.75) is 25.0 Å². The monoisotopic (exact) mass is 412 g/mol. The number of aliphatic hydroxyl groups is 1. The van der Waals surface area contributed by atoms with Gasteiger partial charge in [-0.25, -0.2) is 4.79 Å². The molecule has 1 aliphatic carbocycles. The van der Waals surface area contributed by atoms with E-state index in [-0.39, 0.29) is 41.3 Å². The lowest BCUT2D eigenvalue weighted by molar-refractivity contribution is -0.220. The van der Waals surface area contributed by atoms with Gasteiger partial charge in [0.2, 0.25) is 5.78 Å². The summed E-state index contributed by atoms with van der Waals surface area (Å²) < 4.78 is 10.4. The molecule has 148 valence electrons. The number of rotatable bonds is 3. The standard InChI is InChI=1S/C22H17ClO6/c1-2-28-21(26)22(27)11-16(12-7-9-13(23)10-8-12)17-18(24)14-5-3-4-6-15(14)19(25)20(17)29-22/h3-10,16,27H,2,11H2,1H3/t16-,22?/m1/s1. The third-order valence-corrected chi connectivity index (χ3v) is 5.33. The first-order valence-corrected chi connectivity index (χ1v) is 9.50. The van der Waals surface area contributed by atoms with Gasteiger partial charge >= 0.3 is 11.8 Å². The Bertz CT molecular complexity index is 1060. The summed E-state index contributed by atoms with van der Waals surface area (Å²) in [5.41, 5.74) is 1.16. The van der Waals surface area contributed by atoms with E-state index in [9.17, 15) is 19.5 Å². The topological polar surface area (TPSA) is 89.9 Å². The normalized spacial score (nSPS) is 23.2. The maximum Gasteiger partial charge on any atom is 0.379 e. The number of benzene rings is 2. The molecule has 2 aromatic carbocycles. The van der Waals surface area contributed by atoms with Crippen molar-refractivity contribution in [1.29, 1.82) is 0 Å². The minimum atomic E-state index is -2.39. The number of hydrogen-bond acceptors (Lipinski definition) is 6. The van der Waals surface area contributed by atoms with E-state index >= 15 is 0 Å². The molecule has 2 atom stereocenters. The molecule has 1 unspecified atom stereocenters. The smallest absolute Gasteiger partial charge is 0.379 e. The fourth-order valence-corrected chi connectivity index (χ4v) is 3.85. The number of ether oxygens (including phenoxy) is 2. The fourth-order valence-electron chi connectivity index (χ4n) is 3.73. The van der Waals surface area contributed by atoms with Crippen LogP contribution in [0.3, 0.4) is 0 Å². The number of hydrogen-bond donors (Lipinski definition) is 1. The maximum atomic E-state index is 13.2. The largest absolute Gasteiger partial charge is 0.461 e. The zero-order chi connectivity index (χ0) is 20.8. The molecule has 0 spiro atoms. The van der Waals surface area contributed by atoms with Crippen LogP contribution in [0.25, 0.3) is 0 Å². The van der Waals surface area contributed by atoms with Crippen LogP contribution in [0.5, 0.6) is 0 Å². The average molecular weight is 413 g/mol. The Morgan fingerprint density at radius 3 is 2.38 bits per heavy atom. The van der Waals surface area contributed by atoms with E-state index in [0.717, 1.165) is 0 Å². The van der Waals surface area contributed by atoms with E-state index in [1.165, 1.54) is 6.07 Å². The predicted octanol–water partition coefficient (Wildman–Crippen LogP) is 3.43. The Morgan fingerprint density at radius 2 is 1.76 bits per heavy atom. The number of carbonyl (C=O) groups is 3. The first-order valence-electron chi connectivity index (χ1n) is 9.12. The van der Waals surface area contributed by atoms with E-state index in [0.29, 0.717) is 10.6 Å². The highest BCUT2D eigenvalue weighted by atomic mass is 35.5. The highest BCUT2D eigenvalue weighted by Crippen LogP contribution is 2.46. The third-order valence-electron chi connectivity index (χ3n) is 5.08. The van der Waals surface area contributed by atoms with Gasteiger partial charge in [0.1, 0.15) is 0 Å². The summed E-state index contributed by atoms with van der Waals surface area (Å²) in [7, 11) is 0. The van der Waals surface area contributed by atoms with Crippen molar-refractivity contribution in [3.8, 4) is 0 Å². The van der Waals surface area contributed by atoms with Crippen molar-refractivity contribution >= 4 is 29.1 Å². The molecule has 1 heterocycles. The lowest BCUT2D eigenvalue weighted by Gasteiger charge is -2.39. The van der Waals surface area contributed by atoms with Gasteiger partial charge in [-0.05, 0) is 24.6 Å². The number of allylic oxidation sites excluding steroid dienone is 2. The van der Waals surface area contributed by atoms with Gasteiger partial charge in [0, 0.05) is 28.5 Å². The van der Waals surface area contributed by atoms with Gasteiger partial charge in [-0.1, -0.05) is 48.0 Å². The Balaban J connectivity index is 1.90. The van der Waals surface area contributed by atoms with Gasteiger partial charge in [-0.15, -0.1) is 0 Å². The summed E-state index contributed by atoms with van der Waals surface area (Å²) in [5.74, 6) is -5.41. The van der Waals surface area contributed by atoms with Crippen LogP contribution in [0.4, 0.5) is 0 Å². The zero-order valence-electron chi connectivity index (χ0n) is 15.5. The molecular weight excluding hydrogens is 396 g/mol. The highest BCUT2D eigenvalue weighted by Gasteiger charge is 2.53. The second-order valence-corrected chi connectivity index (χ2v) is 7.30. The van der Waals surface area contributed by atoms with E-state index < -0.39 is 23.5 Å². The lowest BCUT2D eigenvalue weighted by Crippen LogP contribution is -2.49. The van der Waals surface area contributed by atoms with Crippen molar-refractivity contribution in [1.82, 2.24) is 0 Å². The summed E-state index contributed by atoms with van der Waals surface area (Å²) in [4.78, 5) is 38.7. The quantitative estimate of drug-likeness (QED) is 0.777. The predicted molar refractivity (Wildman–Crippen MR) is 104 cm³/mol. The first kappa shape index (κ1) is 19.4. The molecule has 4 rings (SSSR count). The Morgan fingerprint density at radius 1 is 1.14 bits per heavy atom. The minimum Gasteiger partial charge on any atom is -0.461 e. The van der Waals surface area contributed by atoms with Gasteiger partial charge < -0.3 is 14.6 Å². The van der Waals surface area contributed by atoms with Crippen LogP contribution in [0, 0.1) is 0 Å². The Labute approximate surface area is 171 Å². The van der Waals surface area contributed by atoms with Crippen LogP contribution in [0.15, 0.2) is 59.9 Å². The second kappa shape index (κ2) is 7.13. The number of halogens is 1. The molecule has 0 aromatic heterocycles. The van der Waals surface area contributed by atoms with Gasteiger partial charge in [-0.3, -0.25) is 9.59 Å². The summed E-state index contributed by atoms with van der Waals surface area (Å²) in [6, 6.07) is 13.0. The molecule has 1 N–H and O–H groups in total. The van der Waals surface area contributed by atoms with E-state index in [1.807, 2.05) is 0 Å². The molecule has 2 aliphatic rings. The van der Waals surface area contributed by atoms with Crippen molar-refractivity contribution in [3.05, 3.63) is 81.6 Å². The van der Waals surface area contributed by atoms with Gasteiger partial charge in [0.25, 0.3) is 0 Å². The van der Waals surface area contributed by atoms with Crippen molar-refractivity contribution < 1.29 is 29.0 Å². The minimum absolute atomic E-state index is 0.0255. The van der Waals surface area contributed by atoms with Crippen LogP contribution in [0.2, 0.25) is 5.02 Å². The molecule has 0 saturated carbocycles. The van der Waals surface area contributed by atoms with Gasteiger partial charge in [-0.2, -0.15) is 0 Å². The number of fused-ring (bicyclic) bond motifs is 1. The fraction of sp³-hybridized carbons (Fsp3) is 0.227. The molecule has 0 bridgehead atoms. The Kier molecular flexibility index (Phi) is 4.76. The second-order valence-electron chi connectivity index (χ2n) is 6.86. The van der Waals surface area contributed by atoms with Gasteiger partial charge in [0.15, 0.2) is 11.5 Å². The van der Waals surface area contributed by atoms with Crippen LogP contribution in [0.1, 0.15) is 45.5 Å². The SMILES string of the molecule is CCOC(=O)C1(O)C[C@H](c2ccc(Cl)cc2)C2=C(O1)C(=O)c1ccccc1C2=O.